The zero-order chi connectivity index (χ0) is 13.3. The lowest BCUT2D eigenvalue weighted by molar-refractivity contribution is -0.126. The maximum absolute atomic E-state index is 11.8. The summed E-state index contributed by atoms with van der Waals surface area (Å²) in [6.45, 7) is 6.75. The molecule has 3 nitrogen and oxygen atoms in total. The van der Waals surface area contributed by atoms with Gasteiger partial charge in [-0.3, -0.25) is 4.79 Å². The highest BCUT2D eigenvalue weighted by atomic mass is 16.1. The quantitative estimate of drug-likeness (QED) is 0.792. The van der Waals surface area contributed by atoms with Crippen molar-refractivity contribution in [3.63, 3.8) is 0 Å². The van der Waals surface area contributed by atoms with Crippen LogP contribution in [0.25, 0.3) is 0 Å². The monoisotopic (exact) mass is 252 g/mol. The minimum Gasteiger partial charge on any atom is -0.369 e. The molecule has 1 aliphatic carbocycles. The Balaban J connectivity index is 2.13. The molecule has 1 saturated carbocycles. The van der Waals surface area contributed by atoms with E-state index in [1.54, 1.807) is 0 Å². The smallest absolute Gasteiger partial charge is 0.222 e. The molecule has 1 saturated heterocycles. The van der Waals surface area contributed by atoms with E-state index in [1.807, 2.05) is 0 Å². The van der Waals surface area contributed by atoms with Crippen LogP contribution in [0.1, 0.15) is 52.9 Å². The van der Waals surface area contributed by atoms with Crippen LogP contribution < -0.4 is 11.1 Å². The number of carbonyl (C=O) groups is 1. The molecule has 1 aliphatic heterocycles. The van der Waals surface area contributed by atoms with E-state index in [0.29, 0.717) is 23.9 Å². The van der Waals surface area contributed by atoms with Crippen molar-refractivity contribution < 1.29 is 4.79 Å². The van der Waals surface area contributed by atoms with Crippen LogP contribution in [0.3, 0.4) is 0 Å². The summed E-state index contributed by atoms with van der Waals surface area (Å²) in [5.41, 5.74) is 5.66. The number of hydrogen-bond donors (Lipinski definition) is 2. The lowest BCUT2D eigenvalue weighted by atomic mass is 9.69. The third kappa shape index (κ3) is 2.87. The van der Waals surface area contributed by atoms with E-state index in [9.17, 15) is 4.79 Å². The second-order valence-corrected chi connectivity index (χ2v) is 6.77. The average molecular weight is 252 g/mol. The molecule has 6 unspecified atom stereocenters. The van der Waals surface area contributed by atoms with Gasteiger partial charge in [0, 0.05) is 12.1 Å². The number of primary amides is 1. The minimum absolute atomic E-state index is 0.0245. The second kappa shape index (κ2) is 5.60. The molecule has 6 atom stereocenters. The van der Waals surface area contributed by atoms with E-state index in [0.717, 1.165) is 12.3 Å². The summed E-state index contributed by atoms with van der Waals surface area (Å²) >= 11 is 0. The Labute approximate surface area is 111 Å². The fourth-order valence-corrected chi connectivity index (χ4v) is 4.25. The molecule has 3 N–H and O–H groups in total. The fraction of sp³-hybridized carbons (Fsp3) is 0.933. The van der Waals surface area contributed by atoms with Crippen LogP contribution in [0, 0.1) is 23.7 Å². The van der Waals surface area contributed by atoms with Gasteiger partial charge in [0.15, 0.2) is 0 Å². The fourth-order valence-electron chi connectivity index (χ4n) is 4.25. The summed E-state index contributed by atoms with van der Waals surface area (Å²) < 4.78 is 0. The van der Waals surface area contributed by atoms with E-state index in [2.05, 4.69) is 26.1 Å². The molecule has 0 spiro atoms. The normalized spacial score (nSPS) is 45.7. The molecule has 104 valence electrons. The summed E-state index contributed by atoms with van der Waals surface area (Å²) in [4.78, 5) is 11.8. The van der Waals surface area contributed by atoms with E-state index in [4.69, 9.17) is 5.73 Å². The Kier molecular flexibility index (Phi) is 4.31. The van der Waals surface area contributed by atoms with Crippen LogP contribution in [-0.2, 0) is 4.79 Å². The summed E-state index contributed by atoms with van der Waals surface area (Å²) in [6.07, 6.45) is 6.21. The predicted molar refractivity (Wildman–Crippen MR) is 74.0 cm³/mol. The van der Waals surface area contributed by atoms with Gasteiger partial charge >= 0.3 is 0 Å². The van der Waals surface area contributed by atoms with Gasteiger partial charge in [-0.15, -0.1) is 0 Å². The number of carbonyl (C=O) groups excluding carboxylic acids is 1. The molecule has 0 bridgehead atoms. The van der Waals surface area contributed by atoms with Gasteiger partial charge in [0.1, 0.15) is 0 Å². The van der Waals surface area contributed by atoms with Crippen LogP contribution in [0.5, 0.6) is 0 Å². The third-order valence-electron chi connectivity index (χ3n) is 5.02. The number of nitrogens with one attached hydrogen (secondary N) is 1. The van der Waals surface area contributed by atoms with Crippen LogP contribution >= 0.6 is 0 Å². The van der Waals surface area contributed by atoms with Crippen molar-refractivity contribution in [3.8, 4) is 0 Å². The van der Waals surface area contributed by atoms with Gasteiger partial charge in [-0.25, -0.2) is 0 Å². The molecule has 1 amide bonds. The first-order valence-electron chi connectivity index (χ1n) is 7.54. The molecule has 2 rings (SSSR count). The largest absolute Gasteiger partial charge is 0.369 e. The topological polar surface area (TPSA) is 55.1 Å². The average Bonchev–Trinajstić information content (AvgIpc) is 2.27. The molecule has 2 aliphatic rings. The lowest BCUT2D eigenvalue weighted by Gasteiger charge is -2.45. The maximum atomic E-state index is 11.8. The van der Waals surface area contributed by atoms with Gasteiger partial charge in [0.05, 0.1) is 5.92 Å². The molecule has 0 radical (unpaired) electrons. The number of rotatable bonds is 2. The molecule has 3 heteroatoms. The van der Waals surface area contributed by atoms with E-state index in [-0.39, 0.29) is 11.8 Å². The molecule has 0 aromatic carbocycles. The molecule has 1 heterocycles. The molecular formula is C15H28N2O. The minimum atomic E-state index is -0.106. The Morgan fingerprint density at radius 3 is 2.50 bits per heavy atom. The van der Waals surface area contributed by atoms with E-state index >= 15 is 0 Å². The first-order valence-corrected chi connectivity index (χ1v) is 7.54. The number of nitrogens with two attached hydrogens (primary N) is 1. The first kappa shape index (κ1) is 13.9. The molecule has 0 aromatic heterocycles. The highest BCUT2D eigenvalue weighted by Gasteiger charge is 2.41. The Morgan fingerprint density at radius 1 is 1.17 bits per heavy atom. The second-order valence-electron chi connectivity index (χ2n) is 6.77. The maximum Gasteiger partial charge on any atom is 0.222 e. The zero-order valence-corrected chi connectivity index (χ0v) is 12.0. The van der Waals surface area contributed by atoms with Crippen molar-refractivity contribution in [2.24, 2.45) is 29.4 Å². The predicted octanol–water partition coefficient (Wildman–Crippen LogP) is 2.30. The van der Waals surface area contributed by atoms with Crippen molar-refractivity contribution in [3.05, 3.63) is 0 Å². The van der Waals surface area contributed by atoms with E-state index < -0.39 is 0 Å². The Hall–Kier alpha value is -0.570. The number of hydrogen-bond acceptors (Lipinski definition) is 2. The van der Waals surface area contributed by atoms with Crippen LogP contribution in [0.15, 0.2) is 0 Å². The molecule has 2 fully saturated rings. The Bertz CT molecular complexity index is 305. The molecular weight excluding hydrogens is 224 g/mol. The van der Waals surface area contributed by atoms with Gasteiger partial charge in [-0.1, -0.05) is 26.7 Å². The summed E-state index contributed by atoms with van der Waals surface area (Å²) in [6, 6.07) is 0.821. The van der Waals surface area contributed by atoms with Gasteiger partial charge in [0.25, 0.3) is 0 Å². The SMILES string of the molecule is CC1CCCC(C2NC(C)CC(C)C2C(N)=O)C1. The van der Waals surface area contributed by atoms with Gasteiger partial charge in [-0.2, -0.15) is 0 Å². The highest BCUT2D eigenvalue weighted by molar-refractivity contribution is 5.78. The number of piperidine rings is 1. The summed E-state index contributed by atoms with van der Waals surface area (Å²) in [5, 5.41) is 3.67. The van der Waals surface area contributed by atoms with Gasteiger partial charge < -0.3 is 11.1 Å². The van der Waals surface area contributed by atoms with Crippen LogP contribution in [0.4, 0.5) is 0 Å². The molecule has 18 heavy (non-hydrogen) atoms. The zero-order valence-electron chi connectivity index (χ0n) is 12.0. The summed E-state index contributed by atoms with van der Waals surface area (Å²) in [7, 11) is 0. The van der Waals surface area contributed by atoms with Crippen molar-refractivity contribution in [2.75, 3.05) is 0 Å². The van der Waals surface area contributed by atoms with Gasteiger partial charge in [-0.05, 0) is 43.9 Å². The van der Waals surface area contributed by atoms with Crippen molar-refractivity contribution in [2.45, 2.75) is 65.0 Å². The van der Waals surface area contributed by atoms with Crippen molar-refractivity contribution >= 4 is 5.91 Å². The van der Waals surface area contributed by atoms with Crippen molar-refractivity contribution in [1.29, 1.82) is 0 Å². The lowest BCUT2D eigenvalue weighted by Crippen LogP contribution is -2.57. The first-order chi connectivity index (χ1) is 8.49. The van der Waals surface area contributed by atoms with Crippen molar-refractivity contribution in [1.82, 2.24) is 5.32 Å². The van der Waals surface area contributed by atoms with Crippen LogP contribution in [0.2, 0.25) is 0 Å². The number of amides is 1. The molecule has 0 aromatic rings. The highest BCUT2D eigenvalue weighted by Crippen LogP contribution is 2.38. The summed E-state index contributed by atoms with van der Waals surface area (Å²) in [5.74, 6) is 1.77. The van der Waals surface area contributed by atoms with Gasteiger partial charge in [0.2, 0.25) is 5.91 Å². The Morgan fingerprint density at radius 2 is 1.89 bits per heavy atom. The standard InChI is InChI=1S/C15H28N2O/c1-9-5-4-6-12(7-9)14-13(15(16)18)10(2)8-11(3)17-14/h9-14,17H,4-8H2,1-3H3,(H2,16,18). The van der Waals surface area contributed by atoms with Crippen LogP contribution in [-0.4, -0.2) is 18.0 Å². The van der Waals surface area contributed by atoms with E-state index in [1.165, 1.54) is 25.7 Å². The third-order valence-corrected chi connectivity index (χ3v) is 5.02.